The largest absolute Gasteiger partial charge is 0.380 e. The van der Waals surface area contributed by atoms with Crippen LogP contribution in [0.1, 0.15) is 50.1 Å². The lowest BCUT2D eigenvalue weighted by atomic mass is 10.1. The van der Waals surface area contributed by atoms with Crippen LogP contribution in [0, 0.1) is 0 Å². The van der Waals surface area contributed by atoms with Gasteiger partial charge in [-0.3, -0.25) is 0 Å². The second-order valence-electron chi connectivity index (χ2n) is 5.74. The van der Waals surface area contributed by atoms with Crippen molar-refractivity contribution in [2.75, 3.05) is 31.6 Å². The third kappa shape index (κ3) is 4.66. The molecule has 1 aromatic heterocycles. The monoisotopic (exact) mass is 311 g/mol. The highest BCUT2D eigenvalue weighted by molar-refractivity contribution is 7.15. The van der Waals surface area contributed by atoms with Crippen molar-refractivity contribution in [3.63, 3.8) is 0 Å². The van der Waals surface area contributed by atoms with Crippen molar-refractivity contribution in [3.8, 4) is 0 Å². The summed E-state index contributed by atoms with van der Waals surface area (Å²) in [4.78, 5) is 8.74. The van der Waals surface area contributed by atoms with Crippen LogP contribution < -0.4 is 10.2 Å². The van der Waals surface area contributed by atoms with Gasteiger partial charge in [0.1, 0.15) is 0 Å². The molecule has 1 aliphatic rings. The normalized spacial score (nSPS) is 19.2. The Morgan fingerprint density at radius 1 is 1.38 bits per heavy atom. The number of nitrogens with one attached hydrogen (secondary N) is 1. The fraction of sp³-hybridized carbons (Fsp3) is 0.812. The van der Waals surface area contributed by atoms with E-state index < -0.39 is 0 Å². The summed E-state index contributed by atoms with van der Waals surface area (Å²) in [5.41, 5.74) is 1.29. The van der Waals surface area contributed by atoms with E-state index in [0.717, 1.165) is 39.0 Å². The summed E-state index contributed by atoms with van der Waals surface area (Å²) < 4.78 is 5.53. The third-order valence-electron chi connectivity index (χ3n) is 3.95. The Bertz CT molecular complexity index is 422. The molecule has 0 aliphatic carbocycles. The minimum absolute atomic E-state index is 0.360. The molecule has 4 nitrogen and oxygen atoms in total. The first kappa shape index (κ1) is 16.7. The van der Waals surface area contributed by atoms with Gasteiger partial charge >= 0.3 is 0 Å². The Hall–Kier alpha value is -0.650. The van der Waals surface area contributed by atoms with E-state index in [1.807, 2.05) is 18.4 Å². The number of hydrogen-bond acceptors (Lipinski definition) is 5. The summed E-state index contributed by atoms with van der Waals surface area (Å²) in [6.45, 7) is 8.57. The molecule has 1 saturated heterocycles. The second-order valence-corrected chi connectivity index (χ2v) is 6.80. The molecule has 1 fully saturated rings. The van der Waals surface area contributed by atoms with Crippen molar-refractivity contribution < 1.29 is 4.74 Å². The molecule has 1 N–H and O–H groups in total. The minimum Gasteiger partial charge on any atom is -0.380 e. The molecule has 1 aliphatic heterocycles. The number of thiazole rings is 1. The predicted molar refractivity (Wildman–Crippen MR) is 90.4 cm³/mol. The number of aryl methyl sites for hydroxylation is 1. The molecule has 0 saturated carbocycles. The Labute approximate surface area is 132 Å². The van der Waals surface area contributed by atoms with Gasteiger partial charge in [0.05, 0.1) is 11.8 Å². The lowest BCUT2D eigenvalue weighted by Gasteiger charge is -2.31. The standard InChI is InChI=1S/C16H29N3OS/c1-4-7-14-15(11-17-9-5-2)21-16(18-14)19-10-6-8-13(12-19)20-3/h13,17H,4-12H2,1-3H3. The number of methoxy groups -OCH3 is 1. The molecular formula is C16H29N3OS. The summed E-state index contributed by atoms with van der Waals surface area (Å²) in [6, 6.07) is 0. The van der Waals surface area contributed by atoms with Crippen molar-refractivity contribution in [3.05, 3.63) is 10.6 Å². The highest BCUT2D eigenvalue weighted by atomic mass is 32.1. The van der Waals surface area contributed by atoms with Gasteiger partial charge in [-0.2, -0.15) is 0 Å². The molecule has 120 valence electrons. The number of ether oxygens (including phenoxy) is 1. The van der Waals surface area contributed by atoms with Crippen molar-refractivity contribution in [2.24, 2.45) is 0 Å². The van der Waals surface area contributed by atoms with Crippen LogP contribution in [0.3, 0.4) is 0 Å². The summed E-state index contributed by atoms with van der Waals surface area (Å²) in [5.74, 6) is 0. The first-order valence-corrected chi connectivity index (χ1v) is 9.07. The van der Waals surface area contributed by atoms with Gasteiger partial charge in [0.25, 0.3) is 0 Å². The van der Waals surface area contributed by atoms with E-state index in [9.17, 15) is 0 Å². The summed E-state index contributed by atoms with van der Waals surface area (Å²) >= 11 is 1.87. The molecule has 1 aromatic rings. The first-order valence-electron chi connectivity index (χ1n) is 8.25. The highest BCUT2D eigenvalue weighted by Crippen LogP contribution is 2.29. The molecule has 0 aromatic carbocycles. The van der Waals surface area contributed by atoms with E-state index in [2.05, 4.69) is 24.1 Å². The number of aromatic nitrogens is 1. The molecule has 21 heavy (non-hydrogen) atoms. The molecule has 0 radical (unpaired) electrons. The van der Waals surface area contributed by atoms with Crippen LogP contribution in [0.5, 0.6) is 0 Å². The van der Waals surface area contributed by atoms with Gasteiger partial charge in [-0.1, -0.05) is 20.3 Å². The van der Waals surface area contributed by atoms with Gasteiger partial charge < -0.3 is 15.0 Å². The van der Waals surface area contributed by atoms with Crippen LogP contribution in [0.15, 0.2) is 0 Å². The Kier molecular flexibility index (Phi) is 6.93. The Balaban J connectivity index is 2.06. The maximum atomic E-state index is 5.53. The quantitative estimate of drug-likeness (QED) is 0.748. The Morgan fingerprint density at radius 3 is 2.95 bits per heavy atom. The van der Waals surface area contributed by atoms with Gasteiger partial charge in [0, 0.05) is 31.6 Å². The van der Waals surface area contributed by atoms with E-state index >= 15 is 0 Å². The topological polar surface area (TPSA) is 37.4 Å². The van der Waals surface area contributed by atoms with Crippen LogP contribution in [0.25, 0.3) is 0 Å². The molecule has 1 unspecified atom stereocenters. The fourth-order valence-electron chi connectivity index (χ4n) is 2.76. The molecule has 0 amide bonds. The number of hydrogen-bond donors (Lipinski definition) is 1. The van der Waals surface area contributed by atoms with E-state index in [4.69, 9.17) is 9.72 Å². The fourth-order valence-corrected chi connectivity index (χ4v) is 3.87. The van der Waals surface area contributed by atoms with Gasteiger partial charge in [0.2, 0.25) is 0 Å². The maximum Gasteiger partial charge on any atom is 0.185 e. The lowest BCUT2D eigenvalue weighted by Crippen LogP contribution is -2.39. The van der Waals surface area contributed by atoms with E-state index in [0.29, 0.717) is 6.10 Å². The number of anilines is 1. The van der Waals surface area contributed by atoms with Crippen LogP contribution in [0.4, 0.5) is 5.13 Å². The molecule has 2 rings (SSSR count). The van der Waals surface area contributed by atoms with Crippen LogP contribution >= 0.6 is 11.3 Å². The summed E-state index contributed by atoms with van der Waals surface area (Å²) in [6.07, 6.45) is 6.15. The summed E-state index contributed by atoms with van der Waals surface area (Å²) in [7, 11) is 1.82. The van der Waals surface area contributed by atoms with Crippen molar-refractivity contribution >= 4 is 16.5 Å². The van der Waals surface area contributed by atoms with Crippen molar-refractivity contribution in [1.29, 1.82) is 0 Å². The molecule has 5 heteroatoms. The van der Waals surface area contributed by atoms with E-state index in [-0.39, 0.29) is 0 Å². The maximum absolute atomic E-state index is 5.53. The second kappa shape index (κ2) is 8.71. The smallest absolute Gasteiger partial charge is 0.185 e. The molecule has 2 heterocycles. The van der Waals surface area contributed by atoms with Gasteiger partial charge in [-0.25, -0.2) is 4.98 Å². The number of rotatable bonds is 8. The minimum atomic E-state index is 0.360. The zero-order valence-electron chi connectivity index (χ0n) is 13.7. The molecule has 0 bridgehead atoms. The number of piperidine rings is 1. The van der Waals surface area contributed by atoms with Crippen LogP contribution in [-0.4, -0.2) is 37.8 Å². The average molecular weight is 311 g/mol. The van der Waals surface area contributed by atoms with Gasteiger partial charge in [-0.05, 0) is 32.2 Å². The lowest BCUT2D eigenvalue weighted by molar-refractivity contribution is 0.0893. The Morgan fingerprint density at radius 2 is 2.24 bits per heavy atom. The number of nitrogens with zero attached hydrogens (tertiary/aromatic N) is 2. The first-order chi connectivity index (χ1) is 10.3. The third-order valence-corrected chi connectivity index (χ3v) is 5.11. The predicted octanol–water partition coefficient (Wildman–Crippen LogP) is 3.21. The van der Waals surface area contributed by atoms with Gasteiger partial charge in [0.15, 0.2) is 5.13 Å². The zero-order valence-corrected chi connectivity index (χ0v) is 14.5. The molecule has 0 spiro atoms. The average Bonchev–Trinajstić information content (AvgIpc) is 2.91. The van der Waals surface area contributed by atoms with Gasteiger partial charge in [-0.15, -0.1) is 11.3 Å². The van der Waals surface area contributed by atoms with Crippen molar-refractivity contribution in [2.45, 2.75) is 58.6 Å². The van der Waals surface area contributed by atoms with Crippen molar-refractivity contribution in [1.82, 2.24) is 10.3 Å². The summed E-state index contributed by atoms with van der Waals surface area (Å²) in [5, 5.41) is 4.70. The van der Waals surface area contributed by atoms with E-state index in [1.54, 1.807) is 0 Å². The SMILES string of the molecule is CCCNCc1sc(N2CCCC(OC)C2)nc1CCC. The molecule has 1 atom stereocenters. The van der Waals surface area contributed by atoms with Crippen LogP contribution in [0.2, 0.25) is 0 Å². The highest BCUT2D eigenvalue weighted by Gasteiger charge is 2.23. The zero-order chi connectivity index (χ0) is 15.1. The van der Waals surface area contributed by atoms with Crippen LogP contribution in [-0.2, 0) is 17.7 Å². The van der Waals surface area contributed by atoms with E-state index in [1.165, 1.54) is 35.0 Å². The molecular weight excluding hydrogens is 282 g/mol.